The second kappa shape index (κ2) is 3.90. The molecule has 2 heterocycles. The Kier molecular flexibility index (Phi) is 2.57. The molecule has 0 radical (unpaired) electrons. The first-order valence-corrected chi connectivity index (χ1v) is 4.94. The van der Waals surface area contributed by atoms with Gasteiger partial charge in [-0.15, -0.1) is 10.2 Å². The van der Waals surface area contributed by atoms with Crippen LogP contribution in [0.15, 0.2) is 18.2 Å². The highest BCUT2D eigenvalue weighted by atomic mass is 15.4. The van der Waals surface area contributed by atoms with E-state index in [9.17, 15) is 0 Å². The molecule has 0 atom stereocenters. The molecule has 0 aromatic carbocycles. The van der Waals surface area contributed by atoms with Crippen LogP contribution < -0.4 is 10.9 Å². The number of hydrogen-bond donors (Lipinski definition) is 1. The van der Waals surface area contributed by atoms with Gasteiger partial charge in [-0.3, -0.25) is 5.01 Å². The predicted octanol–water partition coefficient (Wildman–Crippen LogP) is 0.589. The van der Waals surface area contributed by atoms with Crippen molar-refractivity contribution in [2.45, 2.75) is 13.8 Å². The fraction of sp³-hybridized carbons (Fsp3) is 0.300. The first-order valence-electron chi connectivity index (χ1n) is 4.94. The lowest BCUT2D eigenvalue weighted by atomic mass is 10.4. The van der Waals surface area contributed by atoms with Gasteiger partial charge in [0.25, 0.3) is 0 Å². The third-order valence-electron chi connectivity index (χ3n) is 2.22. The third kappa shape index (κ3) is 1.87. The SMILES string of the molecule is Cc1cc(C)n(-c2ccc(N(C)N)nn2)n1. The van der Waals surface area contributed by atoms with Crippen molar-refractivity contribution in [1.82, 2.24) is 20.0 Å². The van der Waals surface area contributed by atoms with Gasteiger partial charge in [-0.1, -0.05) is 0 Å². The molecule has 0 bridgehead atoms. The van der Waals surface area contributed by atoms with E-state index >= 15 is 0 Å². The Morgan fingerprint density at radius 1 is 1.25 bits per heavy atom. The minimum absolute atomic E-state index is 0.616. The van der Waals surface area contributed by atoms with Crippen molar-refractivity contribution >= 4 is 5.82 Å². The van der Waals surface area contributed by atoms with E-state index in [1.165, 1.54) is 5.01 Å². The maximum Gasteiger partial charge on any atom is 0.176 e. The second-order valence-corrected chi connectivity index (χ2v) is 3.70. The number of anilines is 1. The summed E-state index contributed by atoms with van der Waals surface area (Å²) in [5.74, 6) is 6.85. The molecular formula is C10H14N6. The van der Waals surface area contributed by atoms with Gasteiger partial charge in [0, 0.05) is 12.7 Å². The number of hydrogen-bond acceptors (Lipinski definition) is 5. The summed E-state index contributed by atoms with van der Waals surface area (Å²) in [7, 11) is 1.72. The highest BCUT2D eigenvalue weighted by molar-refractivity contribution is 5.37. The van der Waals surface area contributed by atoms with E-state index in [0.717, 1.165) is 11.4 Å². The van der Waals surface area contributed by atoms with E-state index < -0.39 is 0 Å². The van der Waals surface area contributed by atoms with Crippen LogP contribution in [0, 0.1) is 13.8 Å². The van der Waals surface area contributed by atoms with Crippen LogP contribution in [-0.4, -0.2) is 27.0 Å². The average molecular weight is 218 g/mol. The van der Waals surface area contributed by atoms with Crippen molar-refractivity contribution < 1.29 is 0 Å². The number of aryl methyl sites for hydroxylation is 2. The largest absolute Gasteiger partial charge is 0.296 e. The lowest BCUT2D eigenvalue weighted by Crippen LogP contribution is -2.26. The topological polar surface area (TPSA) is 72.9 Å². The number of nitrogens with zero attached hydrogens (tertiary/aromatic N) is 5. The van der Waals surface area contributed by atoms with Crippen molar-refractivity contribution in [3.8, 4) is 5.82 Å². The molecule has 2 aromatic heterocycles. The second-order valence-electron chi connectivity index (χ2n) is 3.70. The van der Waals surface area contributed by atoms with E-state index in [4.69, 9.17) is 5.84 Å². The molecule has 0 saturated heterocycles. The van der Waals surface area contributed by atoms with Gasteiger partial charge in [-0.2, -0.15) is 5.10 Å². The highest BCUT2D eigenvalue weighted by Crippen LogP contribution is 2.10. The fourth-order valence-electron chi connectivity index (χ4n) is 1.48. The summed E-state index contributed by atoms with van der Waals surface area (Å²) in [6, 6.07) is 5.63. The number of aromatic nitrogens is 4. The summed E-state index contributed by atoms with van der Waals surface area (Å²) in [6.07, 6.45) is 0. The lowest BCUT2D eigenvalue weighted by Gasteiger charge is -2.10. The Morgan fingerprint density at radius 2 is 2.00 bits per heavy atom. The molecule has 0 aliphatic heterocycles. The molecule has 0 aliphatic rings. The van der Waals surface area contributed by atoms with Crippen molar-refractivity contribution in [3.63, 3.8) is 0 Å². The van der Waals surface area contributed by atoms with Crippen molar-refractivity contribution in [2.24, 2.45) is 5.84 Å². The van der Waals surface area contributed by atoms with Gasteiger partial charge < -0.3 is 0 Å². The quantitative estimate of drug-likeness (QED) is 0.590. The standard InChI is InChI=1S/C10H14N6/c1-7-6-8(2)16(14-7)10-5-4-9(12-13-10)15(3)11/h4-6H,11H2,1-3H3. The highest BCUT2D eigenvalue weighted by Gasteiger charge is 2.06. The normalized spacial score (nSPS) is 10.5. The summed E-state index contributed by atoms with van der Waals surface area (Å²) in [6.45, 7) is 3.92. The smallest absolute Gasteiger partial charge is 0.176 e. The Hall–Kier alpha value is -1.95. The molecule has 0 aliphatic carbocycles. The Labute approximate surface area is 93.7 Å². The zero-order valence-corrected chi connectivity index (χ0v) is 9.55. The monoisotopic (exact) mass is 218 g/mol. The van der Waals surface area contributed by atoms with Crippen molar-refractivity contribution in [2.75, 3.05) is 12.1 Å². The first-order chi connectivity index (χ1) is 7.58. The molecule has 2 aromatic rings. The van der Waals surface area contributed by atoms with E-state index in [-0.39, 0.29) is 0 Å². The molecule has 84 valence electrons. The lowest BCUT2D eigenvalue weighted by molar-refractivity contribution is 0.776. The number of hydrazine groups is 1. The number of nitrogens with two attached hydrogens (primary N) is 1. The summed E-state index contributed by atoms with van der Waals surface area (Å²) >= 11 is 0. The van der Waals surface area contributed by atoms with Gasteiger partial charge in [0.05, 0.1) is 5.69 Å². The van der Waals surface area contributed by atoms with E-state index in [1.54, 1.807) is 17.8 Å². The van der Waals surface area contributed by atoms with Crippen LogP contribution in [0.25, 0.3) is 5.82 Å². The fourth-order valence-corrected chi connectivity index (χ4v) is 1.48. The summed E-state index contributed by atoms with van der Waals surface area (Å²) in [5, 5.41) is 13.8. The zero-order valence-electron chi connectivity index (χ0n) is 9.55. The van der Waals surface area contributed by atoms with Crippen LogP contribution in [0.4, 0.5) is 5.82 Å². The molecule has 6 heteroatoms. The maximum atomic E-state index is 5.54. The molecule has 0 fully saturated rings. The minimum atomic E-state index is 0.616. The molecular weight excluding hydrogens is 204 g/mol. The molecule has 0 amide bonds. The average Bonchev–Trinajstić information content (AvgIpc) is 2.58. The zero-order chi connectivity index (χ0) is 11.7. The maximum absolute atomic E-state index is 5.54. The molecule has 2 N–H and O–H groups in total. The third-order valence-corrected chi connectivity index (χ3v) is 2.22. The summed E-state index contributed by atoms with van der Waals surface area (Å²) in [5.41, 5.74) is 1.99. The Balaban J connectivity index is 2.38. The van der Waals surface area contributed by atoms with Gasteiger partial charge in [-0.05, 0) is 32.0 Å². The van der Waals surface area contributed by atoms with Crippen LogP contribution in [0.5, 0.6) is 0 Å². The Bertz CT molecular complexity index is 485. The molecule has 2 rings (SSSR count). The van der Waals surface area contributed by atoms with E-state index in [0.29, 0.717) is 11.6 Å². The first kappa shape index (κ1) is 10.6. The van der Waals surface area contributed by atoms with Crippen molar-refractivity contribution in [1.29, 1.82) is 0 Å². The molecule has 16 heavy (non-hydrogen) atoms. The molecule has 0 saturated carbocycles. The molecule has 6 nitrogen and oxygen atoms in total. The van der Waals surface area contributed by atoms with E-state index in [1.807, 2.05) is 26.0 Å². The van der Waals surface area contributed by atoms with E-state index in [2.05, 4.69) is 15.3 Å². The minimum Gasteiger partial charge on any atom is -0.296 e. The molecule has 0 unspecified atom stereocenters. The Morgan fingerprint density at radius 3 is 2.44 bits per heavy atom. The van der Waals surface area contributed by atoms with Gasteiger partial charge >= 0.3 is 0 Å². The molecule has 0 spiro atoms. The van der Waals surface area contributed by atoms with Crippen molar-refractivity contribution in [3.05, 3.63) is 29.6 Å². The van der Waals surface area contributed by atoms with Gasteiger partial charge in [0.15, 0.2) is 11.6 Å². The summed E-state index contributed by atoms with van der Waals surface area (Å²) in [4.78, 5) is 0. The van der Waals surface area contributed by atoms with Crippen LogP contribution >= 0.6 is 0 Å². The van der Waals surface area contributed by atoms with Gasteiger partial charge in [-0.25, -0.2) is 10.5 Å². The van der Waals surface area contributed by atoms with Crippen LogP contribution in [0.2, 0.25) is 0 Å². The van der Waals surface area contributed by atoms with Crippen LogP contribution in [0.3, 0.4) is 0 Å². The van der Waals surface area contributed by atoms with Gasteiger partial charge in [0.2, 0.25) is 0 Å². The summed E-state index contributed by atoms with van der Waals surface area (Å²) < 4.78 is 1.75. The van der Waals surface area contributed by atoms with Crippen LogP contribution in [0.1, 0.15) is 11.4 Å². The number of rotatable bonds is 2. The van der Waals surface area contributed by atoms with Crippen LogP contribution in [-0.2, 0) is 0 Å². The predicted molar refractivity (Wildman–Crippen MR) is 61.2 cm³/mol. The van der Waals surface area contributed by atoms with Gasteiger partial charge in [0.1, 0.15) is 0 Å².